The highest BCUT2D eigenvalue weighted by Crippen LogP contribution is 2.16. The molecule has 21 heavy (non-hydrogen) atoms. The summed E-state index contributed by atoms with van der Waals surface area (Å²) in [5.41, 5.74) is 2.43. The van der Waals surface area contributed by atoms with E-state index in [1.807, 2.05) is 30.5 Å². The van der Waals surface area contributed by atoms with Crippen LogP contribution in [-0.2, 0) is 12.1 Å². The lowest BCUT2D eigenvalue weighted by atomic mass is 10.1. The molecule has 0 unspecified atom stereocenters. The second-order valence-corrected chi connectivity index (χ2v) is 5.80. The summed E-state index contributed by atoms with van der Waals surface area (Å²) >= 11 is 0. The van der Waals surface area contributed by atoms with Crippen molar-refractivity contribution < 1.29 is 5.11 Å². The summed E-state index contributed by atoms with van der Waals surface area (Å²) in [5, 5.41) is 17.9. The zero-order chi connectivity index (χ0) is 15.2. The number of aromatic nitrogens is 6. The van der Waals surface area contributed by atoms with Gasteiger partial charge in [0.1, 0.15) is 11.3 Å². The molecule has 3 aromatic heterocycles. The van der Waals surface area contributed by atoms with Gasteiger partial charge >= 0.3 is 0 Å². The lowest BCUT2D eigenvalue weighted by Gasteiger charge is -2.11. The first-order valence-corrected chi connectivity index (χ1v) is 6.78. The van der Waals surface area contributed by atoms with E-state index < -0.39 is 5.60 Å². The molecule has 0 radical (unpaired) electrons. The Morgan fingerprint density at radius 3 is 2.62 bits per heavy atom. The van der Waals surface area contributed by atoms with E-state index in [0.717, 1.165) is 17.1 Å². The maximum atomic E-state index is 9.90. The molecule has 0 amide bonds. The topological polar surface area (TPSA) is 81.1 Å². The standard InChI is InChI=1S/C14H18N6O/c1-9-5-10(2)20-7-11(16-13(20)15-9)6-19-8-12(17-18-19)14(3,4)21/h5,7-8,21H,6H2,1-4H3. The van der Waals surface area contributed by atoms with Gasteiger partial charge in [-0.1, -0.05) is 5.21 Å². The van der Waals surface area contributed by atoms with Gasteiger partial charge in [-0.2, -0.15) is 0 Å². The molecule has 0 bridgehead atoms. The van der Waals surface area contributed by atoms with Gasteiger partial charge in [0.2, 0.25) is 5.78 Å². The van der Waals surface area contributed by atoms with Crippen molar-refractivity contribution in [1.29, 1.82) is 0 Å². The second kappa shape index (κ2) is 4.63. The Hall–Kier alpha value is -2.28. The van der Waals surface area contributed by atoms with Gasteiger partial charge in [-0.05, 0) is 33.8 Å². The minimum atomic E-state index is -0.994. The average molecular weight is 286 g/mol. The van der Waals surface area contributed by atoms with E-state index in [9.17, 15) is 5.11 Å². The van der Waals surface area contributed by atoms with Crippen molar-refractivity contribution in [2.45, 2.75) is 39.8 Å². The van der Waals surface area contributed by atoms with Gasteiger partial charge in [0.15, 0.2) is 0 Å². The number of fused-ring (bicyclic) bond motifs is 1. The molecule has 7 heteroatoms. The van der Waals surface area contributed by atoms with Crippen LogP contribution >= 0.6 is 0 Å². The molecule has 0 aromatic carbocycles. The summed E-state index contributed by atoms with van der Waals surface area (Å²) in [4.78, 5) is 8.91. The predicted molar refractivity (Wildman–Crippen MR) is 76.8 cm³/mol. The van der Waals surface area contributed by atoms with Gasteiger partial charge in [0.25, 0.3) is 0 Å². The van der Waals surface area contributed by atoms with E-state index >= 15 is 0 Å². The van der Waals surface area contributed by atoms with Crippen LogP contribution in [0, 0.1) is 13.8 Å². The van der Waals surface area contributed by atoms with Crippen molar-refractivity contribution in [3.63, 3.8) is 0 Å². The van der Waals surface area contributed by atoms with Crippen molar-refractivity contribution in [3.8, 4) is 0 Å². The Labute approximate surface area is 122 Å². The largest absolute Gasteiger partial charge is 0.384 e. The lowest BCUT2D eigenvalue weighted by Crippen LogP contribution is -2.15. The molecular weight excluding hydrogens is 268 g/mol. The zero-order valence-electron chi connectivity index (χ0n) is 12.6. The van der Waals surface area contributed by atoms with Crippen LogP contribution < -0.4 is 0 Å². The minimum absolute atomic E-state index is 0.491. The Morgan fingerprint density at radius 1 is 1.19 bits per heavy atom. The van der Waals surface area contributed by atoms with Crippen molar-refractivity contribution in [2.75, 3.05) is 0 Å². The molecule has 0 saturated carbocycles. The number of hydrogen-bond donors (Lipinski definition) is 1. The van der Waals surface area contributed by atoms with E-state index in [0.29, 0.717) is 18.0 Å². The van der Waals surface area contributed by atoms with Gasteiger partial charge in [0.05, 0.1) is 18.4 Å². The number of rotatable bonds is 3. The van der Waals surface area contributed by atoms with E-state index in [-0.39, 0.29) is 0 Å². The summed E-state index contributed by atoms with van der Waals surface area (Å²) in [6.45, 7) is 7.83. The number of aliphatic hydroxyl groups is 1. The van der Waals surface area contributed by atoms with Gasteiger partial charge < -0.3 is 5.11 Å². The maximum Gasteiger partial charge on any atom is 0.234 e. The summed E-state index contributed by atoms with van der Waals surface area (Å²) in [7, 11) is 0. The van der Waals surface area contributed by atoms with E-state index in [1.54, 1.807) is 24.7 Å². The third kappa shape index (κ3) is 2.64. The molecule has 0 spiro atoms. The fraction of sp³-hybridized carbons (Fsp3) is 0.429. The molecule has 110 valence electrons. The smallest absolute Gasteiger partial charge is 0.234 e. The van der Waals surface area contributed by atoms with Crippen LogP contribution in [0.1, 0.15) is 36.6 Å². The molecule has 0 aliphatic rings. The highest BCUT2D eigenvalue weighted by Gasteiger charge is 2.20. The molecule has 0 atom stereocenters. The van der Waals surface area contributed by atoms with Crippen LogP contribution in [0.5, 0.6) is 0 Å². The zero-order valence-corrected chi connectivity index (χ0v) is 12.6. The summed E-state index contributed by atoms with van der Waals surface area (Å²) in [5.74, 6) is 0.685. The van der Waals surface area contributed by atoms with E-state index in [2.05, 4.69) is 20.3 Å². The van der Waals surface area contributed by atoms with Crippen LogP contribution in [0.25, 0.3) is 5.78 Å². The average Bonchev–Trinajstić information content (AvgIpc) is 2.95. The molecule has 0 aliphatic heterocycles. The third-order valence-corrected chi connectivity index (χ3v) is 3.30. The van der Waals surface area contributed by atoms with E-state index in [4.69, 9.17) is 0 Å². The van der Waals surface area contributed by atoms with Crippen LogP contribution in [0.15, 0.2) is 18.5 Å². The van der Waals surface area contributed by atoms with E-state index in [1.165, 1.54) is 0 Å². The summed E-state index contributed by atoms with van der Waals surface area (Å²) < 4.78 is 3.62. The van der Waals surface area contributed by atoms with Gasteiger partial charge in [-0.3, -0.25) is 4.40 Å². The first-order valence-electron chi connectivity index (χ1n) is 6.78. The second-order valence-electron chi connectivity index (χ2n) is 5.80. The highest BCUT2D eigenvalue weighted by molar-refractivity contribution is 5.34. The Balaban J connectivity index is 1.91. The third-order valence-electron chi connectivity index (χ3n) is 3.30. The molecule has 0 fully saturated rings. The van der Waals surface area contributed by atoms with Crippen molar-refractivity contribution in [2.24, 2.45) is 0 Å². The first kappa shape index (κ1) is 13.7. The summed E-state index contributed by atoms with van der Waals surface area (Å²) in [6.07, 6.45) is 3.68. The van der Waals surface area contributed by atoms with Crippen molar-refractivity contribution in [1.82, 2.24) is 29.4 Å². The van der Waals surface area contributed by atoms with Crippen LogP contribution in [0.4, 0.5) is 0 Å². The fourth-order valence-corrected chi connectivity index (χ4v) is 2.22. The molecule has 0 saturated heterocycles. The molecule has 7 nitrogen and oxygen atoms in total. The van der Waals surface area contributed by atoms with Gasteiger partial charge in [-0.15, -0.1) is 5.10 Å². The first-order chi connectivity index (χ1) is 9.83. The molecule has 3 aromatic rings. The Kier molecular flexibility index (Phi) is 3.02. The van der Waals surface area contributed by atoms with Crippen LogP contribution in [-0.4, -0.2) is 34.5 Å². The van der Waals surface area contributed by atoms with Gasteiger partial charge in [0, 0.05) is 17.6 Å². The Bertz CT molecular complexity index is 795. The van der Waals surface area contributed by atoms with Crippen molar-refractivity contribution >= 4 is 5.78 Å². The molecule has 3 heterocycles. The highest BCUT2D eigenvalue weighted by atomic mass is 16.3. The minimum Gasteiger partial charge on any atom is -0.384 e. The van der Waals surface area contributed by atoms with Crippen LogP contribution in [0.3, 0.4) is 0 Å². The number of hydrogen-bond acceptors (Lipinski definition) is 5. The molecule has 1 N–H and O–H groups in total. The number of imidazole rings is 1. The SMILES string of the molecule is Cc1cc(C)n2cc(Cn3cc(C(C)(C)O)nn3)nc2n1. The number of aryl methyl sites for hydroxylation is 2. The summed E-state index contributed by atoms with van der Waals surface area (Å²) in [6, 6.07) is 2.01. The predicted octanol–water partition coefficient (Wildman–Crippen LogP) is 1.21. The van der Waals surface area contributed by atoms with Crippen molar-refractivity contribution in [3.05, 3.63) is 41.2 Å². The lowest BCUT2D eigenvalue weighted by molar-refractivity contribution is 0.0737. The quantitative estimate of drug-likeness (QED) is 0.782. The Morgan fingerprint density at radius 2 is 1.95 bits per heavy atom. The number of nitrogens with zero attached hydrogens (tertiary/aromatic N) is 6. The van der Waals surface area contributed by atoms with Crippen LogP contribution in [0.2, 0.25) is 0 Å². The monoisotopic (exact) mass is 286 g/mol. The molecule has 3 rings (SSSR count). The fourth-order valence-electron chi connectivity index (χ4n) is 2.22. The molecular formula is C14H18N6O. The normalized spacial score (nSPS) is 12.2. The maximum absolute atomic E-state index is 9.90. The molecule has 0 aliphatic carbocycles. The van der Waals surface area contributed by atoms with Gasteiger partial charge in [-0.25, -0.2) is 14.6 Å².